The van der Waals surface area contributed by atoms with E-state index < -0.39 is 9.84 Å². The molecule has 0 radical (unpaired) electrons. The summed E-state index contributed by atoms with van der Waals surface area (Å²) in [5.74, 6) is 1.08. The van der Waals surface area contributed by atoms with Gasteiger partial charge in [0, 0.05) is 30.9 Å². The summed E-state index contributed by atoms with van der Waals surface area (Å²) in [6.07, 6.45) is 4.82. The number of pyridine rings is 1. The molecule has 1 unspecified atom stereocenters. The molecule has 106 valence electrons. The molecule has 19 heavy (non-hydrogen) atoms. The molecule has 2 rings (SSSR count). The van der Waals surface area contributed by atoms with Gasteiger partial charge in [-0.25, -0.2) is 13.4 Å². The second-order valence-electron chi connectivity index (χ2n) is 5.10. The molecule has 0 aromatic carbocycles. The molecule has 1 aromatic heterocycles. The summed E-state index contributed by atoms with van der Waals surface area (Å²) >= 11 is 6.12. The normalized spacial score (nSPS) is 19.4. The van der Waals surface area contributed by atoms with Crippen molar-refractivity contribution < 1.29 is 8.42 Å². The van der Waals surface area contributed by atoms with Crippen LogP contribution in [0.3, 0.4) is 0 Å². The Morgan fingerprint density at radius 2 is 2.05 bits per heavy atom. The Hall–Kier alpha value is -0.810. The van der Waals surface area contributed by atoms with Crippen LogP contribution in [-0.2, 0) is 9.84 Å². The molecule has 0 saturated carbocycles. The molecule has 0 bridgehead atoms. The quantitative estimate of drug-likeness (QED) is 0.804. The Kier molecular flexibility index (Phi) is 4.36. The number of hydrogen-bond acceptors (Lipinski definition) is 4. The molecule has 0 spiro atoms. The van der Waals surface area contributed by atoms with E-state index in [4.69, 9.17) is 11.6 Å². The summed E-state index contributed by atoms with van der Waals surface area (Å²) in [5, 5.41) is 0.167. The topological polar surface area (TPSA) is 50.3 Å². The summed E-state index contributed by atoms with van der Waals surface area (Å²) in [5.41, 5.74) is 0. The predicted octanol–water partition coefficient (Wildman–Crippen LogP) is 2.33. The third-order valence-electron chi connectivity index (χ3n) is 3.64. The van der Waals surface area contributed by atoms with Gasteiger partial charge >= 0.3 is 0 Å². The Labute approximate surface area is 119 Å². The van der Waals surface area contributed by atoms with Crippen LogP contribution in [-0.4, -0.2) is 38.1 Å². The number of alkyl halides is 1. The summed E-state index contributed by atoms with van der Waals surface area (Å²) in [6.45, 7) is 3.63. The molecular formula is C13H19ClN2O2S. The number of hydrogen-bond donors (Lipinski definition) is 0. The Bertz CT molecular complexity index is 537. The fraction of sp³-hybridized carbons (Fsp3) is 0.615. The zero-order chi connectivity index (χ0) is 14.0. The second kappa shape index (κ2) is 5.67. The van der Waals surface area contributed by atoms with Crippen molar-refractivity contribution in [3.63, 3.8) is 0 Å². The molecule has 0 aliphatic carbocycles. The van der Waals surface area contributed by atoms with Gasteiger partial charge in [-0.05, 0) is 37.8 Å². The van der Waals surface area contributed by atoms with Crippen LogP contribution in [0.15, 0.2) is 23.2 Å². The number of rotatable bonds is 3. The van der Waals surface area contributed by atoms with Crippen LogP contribution in [0.1, 0.15) is 19.8 Å². The van der Waals surface area contributed by atoms with Crippen molar-refractivity contribution in [3.05, 3.63) is 18.3 Å². The minimum Gasteiger partial charge on any atom is -0.356 e. The monoisotopic (exact) mass is 302 g/mol. The van der Waals surface area contributed by atoms with Crippen molar-refractivity contribution in [1.29, 1.82) is 0 Å². The van der Waals surface area contributed by atoms with Crippen LogP contribution < -0.4 is 4.90 Å². The van der Waals surface area contributed by atoms with Gasteiger partial charge in [0.15, 0.2) is 9.84 Å². The van der Waals surface area contributed by atoms with Gasteiger partial charge < -0.3 is 4.90 Å². The van der Waals surface area contributed by atoms with Gasteiger partial charge in [-0.15, -0.1) is 11.6 Å². The molecule has 1 atom stereocenters. The molecule has 0 N–H and O–H groups in total. The van der Waals surface area contributed by atoms with Crippen LogP contribution >= 0.6 is 11.6 Å². The molecule has 1 aliphatic heterocycles. The highest BCUT2D eigenvalue weighted by molar-refractivity contribution is 7.90. The first-order valence-corrected chi connectivity index (χ1v) is 8.76. The van der Waals surface area contributed by atoms with Crippen molar-refractivity contribution in [1.82, 2.24) is 4.98 Å². The number of anilines is 1. The minimum atomic E-state index is -3.24. The maximum atomic E-state index is 11.8. The van der Waals surface area contributed by atoms with Crippen molar-refractivity contribution in [2.45, 2.75) is 30.0 Å². The largest absolute Gasteiger partial charge is 0.356 e. The lowest BCUT2D eigenvalue weighted by Gasteiger charge is -2.34. The van der Waals surface area contributed by atoms with Crippen molar-refractivity contribution in [2.75, 3.05) is 24.2 Å². The average Bonchev–Trinajstić information content (AvgIpc) is 2.38. The van der Waals surface area contributed by atoms with Crippen molar-refractivity contribution in [3.8, 4) is 0 Å². The van der Waals surface area contributed by atoms with Crippen LogP contribution in [0, 0.1) is 5.92 Å². The maximum absolute atomic E-state index is 11.8. The Balaban J connectivity index is 2.21. The highest BCUT2D eigenvalue weighted by Crippen LogP contribution is 2.29. The molecular weight excluding hydrogens is 284 g/mol. The SMILES string of the molecule is CC(Cl)C1CCN(c2ncccc2S(C)(=O)=O)CC1. The summed E-state index contributed by atoms with van der Waals surface area (Å²) < 4.78 is 23.6. The van der Waals surface area contributed by atoms with E-state index in [9.17, 15) is 8.42 Å². The smallest absolute Gasteiger partial charge is 0.179 e. The van der Waals surface area contributed by atoms with Gasteiger partial charge in [0.1, 0.15) is 10.7 Å². The lowest BCUT2D eigenvalue weighted by molar-refractivity contribution is 0.397. The minimum absolute atomic E-state index is 0.167. The average molecular weight is 303 g/mol. The van der Waals surface area contributed by atoms with E-state index in [1.807, 2.05) is 11.8 Å². The zero-order valence-electron chi connectivity index (χ0n) is 11.2. The first kappa shape index (κ1) is 14.6. The van der Waals surface area contributed by atoms with Gasteiger partial charge in [-0.1, -0.05) is 0 Å². The molecule has 1 fully saturated rings. The number of nitrogens with zero attached hydrogens (tertiary/aromatic N) is 2. The fourth-order valence-electron chi connectivity index (χ4n) is 2.48. The number of halogens is 1. The van der Waals surface area contributed by atoms with Crippen LogP contribution in [0.25, 0.3) is 0 Å². The van der Waals surface area contributed by atoms with Crippen molar-refractivity contribution in [2.24, 2.45) is 5.92 Å². The zero-order valence-corrected chi connectivity index (χ0v) is 12.8. The lowest BCUT2D eigenvalue weighted by Crippen LogP contribution is -2.37. The van der Waals surface area contributed by atoms with E-state index in [0.717, 1.165) is 25.9 Å². The van der Waals surface area contributed by atoms with E-state index in [0.29, 0.717) is 16.6 Å². The highest BCUT2D eigenvalue weighted by Gasteiger charge is 2.26. The van der Waals surface area contributed by atoms with Crippen molar-refractivity contribution >= 4 is 27.3 Å². The van der Waals surface area contributed by atoms with E-state index in [1.165, 1.54) is 6.26 Å². The summed E-state index contributed by atoms with van der Waals surface area (Å²) in [7, 11) is -3.24. The van der Waals surface area contributed by atoms with Gasteiger partial charge in [0.05, 0.1) is 0 Å². The molecule has 1 aliphatic rings. The fourth-order valence-corrected chi connectivity index (χ4v) is 3.57. The first-order valence-electron chi connectivity index (χ1n) is 6.43. The standard InChI is InChI=1S/C13H19ClN2O2S/c1-10(14)11-5-8-16(9-6-11)13-12(19(2,17)18)4-3-7-15-13/h3-4,7,10-11H,5-6,8-9H2,1-2H3. The molecule has 6 heteroatoms. The molecule has 0 amide bonds. The van der Waals surface area contributed by atoms with E-state index in [2.05, 4.69) is 4.98 Å². The molecule has 1 aromatic rings. The first-order chi connectivity index (χ1) is 8.89. The van der Waals surface area contributed by atoms with Gasteiger partial charge in [0.2, 0.25) is 0 Å². The van der Waals surface area contributed by atoms with E-state index in [-0.39, 0.29) is 5.38 Å². The summed E-state index contributed by atoms with van der Waals surface area (Å²) in [4.78, 5) is 6.61. The predicted molar refractivity (Wildman–Crippen MR) is 77.6 cm³/mol. The second-order valence-corrected chi connectivity index (χ2v) is 7.77. The van der Waals surface area contributed by atoms with Crippen LogP contribution in [0.4, 0.5) is 5.82 Å². The number of aromatic nitrogens is 1. The molecule has 1 saturated heterocycles. The van der Waals surface area contributed by atoms with Gasteiger partial charge in [-0.2, -0.15) is 0 Å². The highest BCUT2D eigenvalue weighted by atomic mass is 35.5. The third-order valence-corrected chi connectivity index (χ3v) is 5.11. The summed E-state index contributed by atoms with van der Waals surface area (Å²) in [6, 6.07) is 3.28. The van der Waals surface area contributed by atoms with Crippen LogP contribution in [0.2, 0.25) is 0 Å². The van der Waals surface area contributed by atoms with E-state index >= 15 is 0 Å². The Morgan fingerprint density at radius 3 is 2.58 bits per heavy atom. The van der Waals surface area contributed by atoms with Gasteiger partial charge in [0.25, 0.3) is 0 Å². The van der Waals surface area contributed by atoms with Crippen LogP contribution in [0.5, 0.6) is 0 Å². The van der Waals surface area contributed by atoms with Gasteiger partial charge in [-0.3, -0.25) is 0 Å². The Morgan fingerprint density at radius 1 is 1.42 bits per heavy atom. The maximum Gasteiger partial charge on any atom is 0.179 e. The lowest BCUT2D eigenvalue weighted by atomic mass is 9.94. The number of sulfone groups is 1. The molecule has 4 nitrogen and oxygen atoms in total. The molecule has 2 heterocycles. The third kappa shape index (κ3) is 3.39. The van der Waals surface area contributed by atoms with E-state index in [1.54, 1.807) is 18.3 Å². The number of piperidine rings is 1.